The van der Waals surface area contributed by atoms with E-state index in [1.54, 1.807) is 0 Å². The van der Waals surface area contributed by atoms with Gasteiger partial charge in [-0.1, -0.05) is 30.3 Å². The van der Waals surface area contributed by atoms with Crippen LogP contribution in [0.3, 0.4) is 0 Å². The Bertz CT molecular complexity index is 482. The third kappa shape index (κ3) is 3.87. The van der Waals surface area contributed by atoms with Gasteiger partial charge in [-0.2, -0.15) is 0 Å². The Hall–Kier alpha value is -1.39. The van der Waals surface area contributed by atoms with Gasteiger partial charge in [-0.05, 0) is 31.2 Å². The molecule has 2 aliphatic heterocycles. The second-order valence-electron chi connectivity index (χ2n) is 6.30. The first-order valence-corrected chi connectivity index (χ1v) is 8.31. The molecule has 22 heavy (non-hydrogen) atoms. The van der Waals surface area contributed by atoms with Gasteiger partial charge in [0.15, 0.2) is 0 Å². The number of benzene rings is 1. The Morgan fingerprint density at radius 3 is 2.82 bits per heavy atom. The molecule has 0 radical (unpaired) electrons. The van der Waals surface area contributed by atoms with E-state index in [2.05, 4.69) is 12.1 Å². The smallest absolute Gasteiger partial charge is 0.222 e. The highest BCUT2D eigenvalue weighted by Gasteiger charge is 2.38. The molecule has 0 aromatic heterocycles. The van der Waals surface area contributed by atoms with Crippen molar-refractivity contribution in [3.05, 3.63) is 35.9 Å². The van der Waals surface area contributed by atoms with Gasteiger partial charge in [-0.3, -0.25) is 4.79 Å². The average molecular weight is 303 g/mol. The molecule has 3 rings (SSSR count). The van der Waals surface area contributed by atoms with Gasteiger partial charge in [0.1, 0.15) is 0 Å². The van der Waals surface area contributed by atoms with E-state index in [9.17, 15) is 4.79 Å². The first-order chi connectivity index (χ1) is 10.8. The predicted octanol–water partition coefficient (Wildman–Crippen LogP) is 2.76. The first kappa shape index (κ1) is 15.5. The van der Waals surface area contributed by atoms with Crippen LogP contribution in [0.25, 0.3) is 0 Å². The summed E-state index contributed by atoms with van der Waals surface area (Å²) in [4.78, 5) is 14.2. The minimum atomic E-state index is -0.0185. The molecule has 1 amide bonds. The van der Waals surface area contributed by atoms with Crippen molar-refractivity contribution in [1.29, 1.82) is 0 Å². The van der Waals surface area contributed by atoms with E-state index in [4.69, 9.17) is 9.47 Å². The summed E-state index contributed by atoms with van der Waals surface area (Å²) in [5.41, 5.74) is 1.15. The average Bonchev–Trinajstić information content (AvgIpc) is 2.96. The topological polar surface area (TPSA) is 38.8 Å². The van der Waals surface area contributed by atoms with Gasteiger partial charge in [0.05, 0.1) is 18.8 Å². The minimum Gasteiger partial charge on any atom is -0.375 e. The number of hydrogen-bond acceptors (Lipinski definition) is 3. The van der Waals surface area contributed by atoms with E-state index in [1.807, 2.05) is 23.1 Å². The lowest BCUT2D eigenvalue weighted by Gasteiger charge is -2.26. The molecule has 2 fully saturated rings. The summed E-state index contributed by atoms with van der Waals surface area (Å²) in [6.45, 7) is 3.54. The van der Waals surface area contributed by atoms with E-state index < -0.39 is 0 Å². The Balaban J connectivity index is 1.43. The van der Waals surface area contributed by atoms with E-state index in [0.717, 1.165) is 38.8 Å². The Morgan fingerprint density at radius 1 is 1.18 bits per heavy atom. The highest BCUT2D eigenvalue weighted by atomic mass is 16.5. The fraction of sp³-hybridized carbons (Fsp3) is 0.611. The van der Waals surface area contributed by atoms with Gasteiger partial charge in [0.2, 0.25) is 5.91 Å². The second-order valence-corrected chi connectivity index (χ2v) is 6.30. The zero-order valence-corrected chi connectivity index (χ0v) is 13.1. The molecule has 4 heteroatoms. The van der Waals surface area contributed by atoms with Crippen molar-refractivity contribution in [2.24, 2.45) is 0 Å². The lowest BCUT2D eigenvalue weighted by atomic mass is 9.92. The molecule has 0 aliphatic carbocycles. The number of carbonyl (C=O) groups excluding carboxylic acids is 1. The maximum Gasteiger partial charge on any atom is 0.222 e. The summed E-state index contributed by atoms with van der Waals surface area (Å²) >= 11 is 0. The molecule has 0 bridgehead atoms. The number of rotatable bonds is 5. The van der Waals surface area contributed by atoms with Gasteiger partial charge in [-0.25, -0.2) is 0 Å². The molecule has 1 aromatic carbocycles. The van der Waals surface area contributed by atoms with Gasteiger partial charge in [0.25, 0.3) is 0 Å². The molecule has 2 aliphatic rings. The zero-order valence-electron chi connectivity index (χ0n) is 13.1. The standard InChI is InChI=1S/C18H25NO3/c20-17-7-9-18(8-4-13-22-18)10-11-19(17)12-14-21-15-16-5-2-1-3-6-16/h1-3,5-6H,4,7-15H2. The van der Waals surface area contributed by atoms with Crippen molar-refractivity contribution in [1.82, 2.24) is 4.90 Å². The van der Waals surface area contributed by atoms with Gasteiger partial charge >= 0.3 is 0 Å². The van der Waals surface area contributed by atoms with Crippen molar-refractivity contribution >= 4 is 5.91 Å². The van der Waals surface area contributed by atoms with E-state index in [-0.39, 0.29) is 11.5 Å². The summed E-state index contributed by atoms with van der Waals surface area (Å²) < 4.78 is 11.6. The van der Waals surface area contributed by atoms with Gasteiger partial charge in [-0.15, -0.1) is 0 Å². The minimum absolute atomic E-state index is 0.0185. The molecule has 2 saturated heterocycles. The van der Waals surface area contributed by atoms with E-state index >= 15 is 0 Å². The number of amides is 1. The Labute approximate surface area is 132 Å². The fourth-order valence-electron chi connectivity index (χ4n) is 3.41. The van der Waals surface area contributed by atoms with Crippen LogP contribution in [0.4, 0.5) is 0 Å². The second kappa shape index (κ2) is 7.25. The summed E-state index contributed by atoms with van der Waals surface area (Å²) in [5.74, 6) is 0.246. The highest BCUT2D eigenvalue weighted by molar-refractivity contribution is 5.76. The first-order valence-electron chi connectivity index (χ1n) is 8.31. The van der Waals surface area contributed by atoms with E-state index in [0.29, 0.717) is 26.2 Å². The normalized spacial score (nSPS) is 25.6. The fourth-order valence-corrected chi connectivity index (χ4v) is 3.41. The third-order valence-electron chi connectivity index (χ3n) is 4.79. The third-order valence-corrected chi connectivity index (χ3v) is 4.79. The lowest BCUT2D eigenvalue weighted by molar-refractivity contribution is -0.131. The van der Waals surface area contributed by atoms with Crippen LogP contribution >= 0.6 is 0 Å². The number of hydrogen-bond donors (Lipinski definition) is 0. The number of ether oxygens (including phenoxy) is 2. The Morgan fingerprint density at radius 2 is 2.05 bits per heavy atom. The van der Waals surface area contributed by atoms with Crippen LogP contribution in [0.1, 0.15) is 37.7 Å². The van der Waals surface area contributed by atoms with Crippen molar-refractivity contribution in [2.75, 3.05) is 26.3 Å². The van der Waals surface area contributed by atoms with Gasteiger partial charge < -0.3 is 14.4 Å². The monoisotopic (exact) mass is 303 g/mol. The van der Waals surface area contributed by atoms with Crippen molar-refractivity contribution in [3.63, 3.8) is 0 Å². The summed E-state index contributed by atoms with van der Waals surface area (Å²) in [5, 5.41) is 0. The van der Waals surface area contributed by atoms with Crippen LogP contribution < -0.4 is 0 Å². The Kier molecular flexibility index (Phi) is 5.11. The molecular weight excluding hydrogens is 278 g/mol. The van der Waals surface area contributed by atoms with Crippen molar-refractivity contribution in [2.45, 2.75) is 44.3 Å². The highest BCUT2D eigenvalue weighted by Crippen LogP contribution is 2.35. The molecule has 0 saturated carbocycles. The van der Waals surface area contributed by atoms with Crippen LogP contribution in [-0.4, -0.2) is 42.7 Å². The van der Waals surface area contributed by atoms with Crippen LogP contribution in [0.2, 0.25) is 0 Å². The number of likely N-dealkylation sites (tertiary alicyclic amines) is 1. The predicted molar refractivity (Wildman–Crippen MR) is 84.4 cm³/mol. The largest absolute Gasteiger partial charge is 0.375 e. The van der Waals surface area contributed by atoms with Crippen molar-refractivity contribution in [3.8, 4) is 0 Å². The number of nitrogens with zero attached hydrogens (tertiary/aromatic N) is 1. The molecule has 0 N–H and O–H groups in total. The number of carbonyl (C=O) groups is 1. The maximum absolute atomic E-state index is 12.2. The SMILES string of the molecule is O=C1CCC2(CCCO2)CCN1CCOCc1ccccc1. The molecule has 2 heterocycles. The summed E-state index contributed by atoms with van der Waals surface area (Å²) in [6, 6.07) is 10.1. The van der Waals surface area contributed by atoms with Crippen LogP contribution in [0, 0.1) is 0 Å². The molecule has 1 unspecified atom stereocenters. The molecular formula is C18H25NO3. The lowest BCUT2D eigenvalue weighted by Crippen LogP contribution is -2.34. The maximum atomic E-state index is 12.2. The molecule has 1 aromatic rings. The quantitative estimate of drug-likeness (QED) is 0.785. The molecule has 120 valence electrons. The molecule has 1 atom stereocenters. The van der Waals surface area contributed by atoms with Crippen LogP contribution in [0.15, 0.2) is 30.3 Å². The van der Waals surface area contributed by atoms with Crippen LogP contribution in [-0.2, 0) is 20.9 Å². The van der Waals surface area contributed by atoms with Crippen LogP contribution in [0.5, 0.6) is 0 Å². The molecule has 4 nitrogen and oxygen atoms in total. The van der Waals surface area contributed by atoms with E-state index in [1.165, 1.54) is 5.56 Å². The zero-order chi connectivity index (χ0) is 15.3. The van der Waals surface area contributed by atoms with Gasteiger partial charge in [0, 0.05) is 26.1 Å². The summed E-state index contributed by atoms with van der Waals surface area (Å²) in [6.07, 6.45) is 4.70. The van der Waals surface area contributed by atoms with Crippen molar-refractivity contribution < 1.29 is 14.3 Å². The molecule has 1 spiro atoms. The summed E-state index contributed by atoms with van der Waals surface area (Å²) in [7, 11) is 0.